The third-order valence-corrected chi connectivity index (χ3v) is 2.92. The van der Waals surface area contributed by atoms with Crippen LogP contribution in [-0.2, 0) is 6.42 Å². The number of nitrogens with zero attached hydrogens (tertiary/aromatic N) is 3. The van der Waals surface area contributed by atoms with Gasteiger partial charge in [0.25, 0.3) is 0 Å². The number of hydrogen-bond acceptors (Lipinski definition) is 3. The van der Waals surface area contributed by atoms with E-state index in [4.69, 9.17) is 5.11 Å². The molecule has 0 amide bonds. The van der Waals surface area contributed by atoms with Gasteiger partial charge in [-0.25, -0.2) is 18.3 Å². The number of halogens is 2. The van der Waals surface area contributed by atoms with E-state index in [1.54, 1.807) is 0 Å². The van der Waals surface area contributed by atoms with Crippen molar-refractivity contribution >= 4 is 5.97 Å². The standard InChI is InChI=1S/C13H13F2N3O2/c1-3-4-9-11(13(19)20)16-17-18(9)12-8(14)6-5-7(2)10(12)15/h5-6H,3-4H2,1-2H3,(H,19,20). The van der Waals surface area contributed by atoms with Crippen LogP contribution in [0, 0.1) is 18.6 Å². The summed E-state index contributed by atoms with van der Waals surface area (Å²) in [5.41, 5.74) is -0.250. The average Bonchev–Trinajstić information content (AvgIpc) is 2.79. The van der Waals surface area contributed by atoms with Gasteiger partial charge in [0.2, 0.25) is 0 Å². The molecule has 0 saturated heterocycles. The van der Waals surface area contributed by atoms with Crippen LogP contribution in [0.25, 0.3) is 5.69 Å². The van der Waals surface area contributed by atoms with Gasteiger partial charge in [-0.2, -0.15) is 0 Å². The maximum atomic E-state index is 14.1. The number of aryl methyl sites for hydroxylation is 1. The Morgan fingerprint density at radius 1 is 1.40 bits per heavy atom. The monoisotopic (exact) mass is 281 g/mol. The topological polar surface area (TPSA) is 68.0 Å². The zero-order valence-corrected chi connectivity index (χ0v) is 11.0. The summed E-state index contributed by atoms with van der Waals surface area (Å²) in [5, 5.41) is 16.1. The van der Waals surface area contributed by atoms with E-state index >= 15 is 0 Å². The first-order valence-electron chi connectivity index (χ1n) is 6.10. The van der Waals surface area contributed by atoms with Crippen molar-refractivity contribution in [3.05, 3.63) is 40.7 Å². The lowest BCUT2D eigenvalue weighted by molar-refractivity contribution is 0.0689. The van der Waals surface area contributed by atoms with E-state index in [0.29, 0.717) is 12.8 Å². The number of carboxylic acids is 1. The molecule has 2 rings (SSSR count). The van der Waals surface area contributed by atoms with Gasteiger partial charge in [-0.3, -0.25) is 0 Å². The summed E-state index contributed by atoms with van der Waals surface area (Å²) in [7, 11) is 0. The summed E-state index contributed by atoms with van der Waals surface area (Å²) in [6, 6.07) is 2.42. The highest BCUT2D eigenvalue weighted by molar-refractivity contribution is 5.86. The molecule has 106 valence electrons. The number of aromatic carboxylic acids is 1. The molecule has 7 heteroatoms. The second-order valence-electron chi connectivity index (χ2n) is 4.38. The van der Waals surface area contributed by atoms with Gasteiger partial charge in [0.15, 0.2) is 17.3 Å². The fourth-order valence-electron chi connectivity index (χ4n) is 1.94. The summed E-state index contributed by atoms with van der Waals surface area (Å²) < 4.78 is 28.9. The predicted molar refractivity (Wildman–Crippen MR) is 67.0 cm³/mol. The molecule has 0 aliphatic carbocycles. The average molecular weight is 281 g/mol. The van der Waals surface area contributed by atoms with Crippen molar-refractivity contribution in [3.63, 3.8) is 0 Å². The maximum absolute atomic E-state index is 14.1. The number of carbonyl (C=O) groups is 1. The first-order valence-corrected chi connectivity index (χ1v) is 6.10. The smallest absolute Gasteiger partial charge is 0.358 e. The highest BCUT2D eigenvalue weighted by atomic mass is 19.1. The summed E-state index contributed by atoms with van der Waals surface area (Å²) in [6.07, 6.45) is 0.907. The van der Waals surface area contributed by atoms with Crippen molar-refractivity contribution in [2.45, 2.75) is 26.7 Å². The van der Waals surface area contributed by atoms with Crippen LogP contribution in [-0.4, -0.2) is 26.1 Å². The molecule has 0 aliphatic rings. The zero-order chi connectivity index (χ0) is 14.9. The van der Waals surface area contributed by atoms with Crippen LogP contribution < -0.4 is 0 Å². The van der Waals surface area contributed by atoms with Crippen molar-refractivity contribution in [1.82, 2.24) is 15.0 Å². The molecule has 0 spiro atoms. The van der Waals surface area contributed by atoms with E-state index in [0.717, 1.165) is 10.7 Å². The first-order chi connectivity index (χ1) is 9.47. The minimum Gasteiger partial charge on any atom is -0.476 e. The lowest BCUT2D eigenvalue weighted by atomic mass is 10.1. The van der Waals surface area contributed by atoms with Crippen LogP contribution >= 0.6 is 0 Å². The normalized spacial score (nSPS) is 10.8. The zero-order valence-electron chi connectivity index (χ0n) is 11.0. The van der Waals surface area contributed by atoms with Gasteiger partial charge in [-0.15, -0.1) is 5.10 Å². The van der Waals surface area contributed by atoms with Gasteiger partial charge in [0.05, 0.1) is 5.69 Å². The molecule has 1 N–H and O–H groups in total. The van der Waals surface area contributed by atoms with Gasteiger partial charge in [-0.05, 0) is 25.0 Å². The molecule has 0 fully saturated rings. The molecule has 5 nitrogen and oxygen atoms in total. The summed E-state index contributed by atoms with van der Waals surface area (Å²) in [5.74, 6) is -2.86. The van der Waals surface area contributed by atoms with Crippen LogP contribution in [0.4, 0.5) is 8.78 Å². The molecular weight excluding hydrogens is 268 g/mol. The molecule has 0 aliphatic heterocycles. The third kappa shape index (κ3) is 2.26. The SMILES string of the molecule is CCCc1c(C(=O)O)nnn1-c1c(F)ccc(C)c1F. The first kappa shape index (κ1) is 14.1. The Morgan fingerprint density at radius 3 is 2.70 bits per heavy atom. The van der Waals surface area contributed by atoms with Crippen molar-refractivity contribution < 1.29 is 18.7 Å². The molecule has 2 aromatic rings. The third-order valence-electron chi connectivity index (χ3n) is 2.92. The van der Waals surface area contributed by atoms with Gasteiger partial charge in [0, 0.05) is 0 Å². The maximum Gasteiger partial charge on any atom is 0.358 e. The highest BCUT2D eigenvalue weighted by Crippen LogP contribution is 2.23. The van der Waals surface area contributed by atoms with Crippen LogP contribution in [0.3, 0.4) is 0 Å². The number of benzene rings is 1. The van der Waals surface area contributed by atoms with Crippen molar-refractivity contribution in [3.8, 4) is 5.69 Å². The molecule has 1 aromatic heterocycles. The molecule has 0 radical (unpaired) electrons. The Kier molecular flexibility index (Phi) is 3.78. The van der Waals surface area contributed by atoms with Crippen molar-refractivity contribution in [2.75, 3.05) is 0 Å². The number of carboxylic acid groups (broad SMARTS) is 1. The Bertz CT molecular complexity index is 668. The molecule has 0 unspecified atom stereocenters. The molecule has 0 bridgehead atoms. The summed E-state index contributed by atoms with van der Waals surface area (Å²) >= 11 is 0. The molecule has 0 atom stereocenters. The quantitative estimate of drug-likeness (QED) is 0.935. The molecule has 0 saturated carbocycles. The Hall–Kier alpha value is -2.31. The summed E-state index contributed by atoms with van der Waals surface area (Å²) in [6.45, 7) is 3.32. The van der Waals surface area contributed by atoms with E-state index in [1.807, 2.05) is 6.92 Å². The van der Waals surface area contributed by atoms with Crippen molar-refractivity contribution in [1.29, 1.82) is 0 Å². The van der Waals surface area contributed by atoms with Crippen LogP contribution in [0.15, 0.2) is 12.1 Å². The second kappa shape index (κ2) is 5.36. The fraction of sp³-hybridized carbons (Fsp3) is 0.308. The Balaban J connectivity index is 2.70. The molecule has 1 aromatic carbocycles. The Morgan fingerprint density at radius 2 is 2.10 bits per heavy atom. The number of hydrogen-bond donors (Lipinski definition) is 1. The Labute approximate surface area is 113 Å². The lowest BCUT2D eigenvalue weighted by Gasteiger charge is -2.10. The number of aromatic nitrogens is 3. The van der Waals surface area contributed by atoms with Crippen LogP contribution in [0.5, 0.6) is 0 Å². The van der Waals surface area contributed by atoms with E-state index in [9.17, 15) is 13.6 Å². The molecular formula is C13H13F2N3O2. The highest BCUT2D eigenvalue weighted by Gasteiger charge is 2.23. The lowest BCUT2D eigenvalue weighted by Crippen LogP contribution is -2.10. The number of rotatable bonds is 4. The van der Waals surface area contributed by atoms with Crippen LogP contribution in [0.1, 0.15) is 35.1 Å². The largest absolute Gasteiger partial charge is 0.476 e. The fourth-order valence-corrected chi connectivity index (χ4v) is 1.94. The van der Waals surface area contributed by atoms with Crippen molar-refractivity contribution in [2.24, 2.45) is 0 Å². The minimum atomic E-state index is -1.27. The van der Waals surface area contributed by atoms with Gasteiger partial charge in [0.1, 0.15) is 5.69 Å². The van der Waals surface area contributed by atoms with E-state index in [-0.39, 0.29) is 17.0 Å². The van der Waals surface area contributed by atoms with Crippen LogP contribution in [0.2, 0.25) is 0 Å². The molecule has 20 heavy (non-hydrogen) atoms. The van der Waals surface area contributed by atoms with E-state index in [1.165, 1.54) is 13.0 Å². The van der Waals surface area contributed by atoms with Gasteiger partial charge in [-0.1, -0.05) is 24.6 Å². The second-order valence-corrected chi connectivity index (χ2v) is 4.38. The van der Waals surface area contributed by atoms with Gasteiger partial charge < -0.3 is 5.11 Å². The van der Waals surface area contributed by atoms with Gasteiger partial charge >= 0.3 is 5.97 Å². The van der Waals surface area contributed by atoms with E-state index < -0.39 is 23.3 Å². The summed E-state index contributed by atoms with van der Waals surface area (Å²) in [4.78, 5) is 11.1. The predicted octanol–water partition coefficient (Wildman–Crippen LogP) is 2.50. The van der Waals surface area contributed by atoms with E-state index in [2.05, 4.69) is 10.3 Å². The molecule has 1 heterocycles. The minimum absolute atomic E-state index is 0.184.